The van der Waals surface area contributed by atoms with Gasteiger partial charge in [0.15, 0.2) is 0 Å². The number of nitrogens with two attached hydrogens (primary N) is 1. The average Bonchev–Trinajstić information content (AvgIpc) is 1.87. The molecule has 1 amide bonds. The van der Waals surface area contributed by atoms with E-state index in [1.165, 1.54) is 4.90 Å². The first-order chi connectivity index (χ1) is 4.95. The molecule has 0 heterocycles. The molecule has 0 rings (SSSR count). The lowest BCUT2D eigenvalue weighted by Crippen LogP contribution is -2.36. The number of hydrogen-bond donors (Lipinski definition) is 2. The Kier molecular flexibility index (Phi) is 3.53. The second kappa shape index (κ2) is 3.92. The number of hydrogen-bond acceptors (Lipinski definition) is 3. The number of nitrogens with zero attached hydrogens (tertiary/aromatic N) is 1. The molecule has 11 heavy (non-hydrogen) atoms. The van der Waals surface area contributed by atoms with E-state index in [0.29, 0.717) is 0 Å². The zero-order valence-corrected chi connectivity index (χ0v) is 6.57. The Hall–Kier alpha value is -1.10. The van der Waals surface area contributed by atoms with E-state index >= 15 is 0 Å². The second-order valence-electron chi connectivity index (χ2n) is 2.44. The van der Waals surface area contributed by atoms with Gasteiger partial charge in [-0.1, -0.05) is 0 Å². The van der Waals surface area contributed by atoms with Crippen LogP contribution in [-0.4, -0.2) is 42.0 Å². The van der Waals surface area contributed by atoms with E-state index in [0.717, 1.165) is 0 Å². The van der Waals surface area contributed by atoms with Gasteiger partial charge in [-0.25, -0.2) is 0 Å². The lowest BCUT2D eigenvalue weighted by molar-refractivity contribution is -0.141. The molecule has 0 unspecified atom stereocenters. The molecule has 0 saturated carbocycles. The highest BCUT2D eigenvalue weighted by molar-refractivity contribution is 5.83. The van der Waals surface area contributed by atoms with Crippen molar-refractivity contribution in [2.75, 3.05) is 14.1 Å². The minimum atomic E-state index is -1.15. The maximum absolute atomic E-state index is 10.8. The number of carboxylic acid groups (broad SMARTS) is 1. The van der Waals surface area contributed by atoms with E-state index in [2.05, 4.69) is 0 Å². The predicted octanol–water partition coefficient (Wildman–Crippen LogP) is -1.12. The van der Waals surface area contributed by atoms with Gasteiger partial charge in [0, 0.05) is 14.1 Å². The number of carbonyl (C=O) groups excluding carboxylic acids is 1. The van der Waals surface area contributed by atoms with Gasteiger partial charge in [0.1, 0.15) is 6.04 Å². The molecule has 0 bridgehead atoms. The molecule has 0 aliphatic carbocycles. The van der Waals surface area contributed by atoms with Crippen LogP contribution < -0.4 is 5.73 Å². The molecular formula is C6H12N2O3. The maximum atomic E-state index is 10.8. The Morgan fingerprint density at radius 1 is 1.55 bits per heavy atom. The van der Waals surface area contributed by atoms with E-state index in [9.17, 15) is 9.59 Å². The van der Waals surface area contributed by atoms with E-state index < -0.39 is 12.0 Å². The fourth-order valence-corrected chi connectivity index (χ4v) is 0.458. The molecule has 0 aliphatic heterocycles. The van der Waals surface area contributed by atoms with Gasteiger partial charge in [-0.3, -0.25) is 9.59 Å². The van der Waals surface area contributed by atoms with Crippen LogP contribution >= 0.6 is 0 Å². The molecule has 5 heteroatoms. The first kappa shape index (κ1) is 9.90. The number of aliphatic carboxylic acids is 1. The smallest absolute Gasteiger partial charge is 0.321 e. The third-order valence-electron chi connectivity index (χ3n) is 1.21. The lowest BCUT2D eigenvalue weighted by atomic mass is 10.2. The fourth-order valence-electron chi connectivity index (χ4n) is 0.458. The van der Waals surface area contributed by atoms with Gasteiger partial charge in [-0.05, 0) is 0 Å². The quantitative estimate of drug-likeness (QED) is 0.547. The minimum absolute atomic E-state index is 0.150. The molecule has 64 valence electrons. The topological polar surface area (TPSA) is 83.6 Å². The third kappa shape index (κ3) is 3.57. The molecule has 0 aliphatic rings. The molecular weight excluding hydrogens is 148 g/mol. The highest BCUT2D eigenvalue weighted by Crippen LogP contribution is 1.91. The molecule has 0 spiro atoms. The van der Waals surface area contributed by atoms with Crippen molar-refractivity contribution in [3.05, 3.63) is 0 Å². The monoisotopic (exact) mass is 160 g/mol. The van der Waals surface area contributed by atoms with Gasteiger partial charge in [0.25, 0.3) is 0 Å². The number of carbonyl (C=O) groups is 2. The Labute approximate surface area is 64.8 Å². The van der Waals surface area contributed by atoms with Crippen LogP contribution in [0.15, 0.2) is 0 Å². The van der Waals surface area contributed by atoms with Crippen molar-refractivity contribution in [3.8, 4) is 0 Å². The summed E-state index contributed by atoms with van der Waals surface area (Å²) in [5.41, 5.74) is 5.11. The molecule has 1 atom stereocenters. The highest BCUT2D eigenvalue weighted by atomic mass is 16.4. The SMILES string of the molecule is CN(C)C(=O)C[C@@H](N)C(=O)O. The van der Waals surface area contributed by atoms with Crippen molar-refractivity contribution in [3.63, 3.8) is 0 Å². The molecule has 0 radical (unpaired) electrons. The first-order valence-corrected chi connectivity index (χ1v) is 3.13. The van der Waals surface area contributed by atoms with Crippen molar-refractivity contribution in [2.24, 2.45) is 5.73 Å². The average molecular weight is 160 g/mol. The highest BCUT2D eigenvalue weighted by Gasteiger charge is 2.16. The summed E-state index contributed by atoms with van der Waals surface area (Å²) in [7, 11) is 3.10. The van der Waals surface area contributed by atoms with E-state index in [1.54, 1.807) is 14.1 Å². The summed E-state index contributed by atoms with van der Waals surface area (Å²) < 4.78 is 0. The molecule has 5 nitrogen and oxygen atoms in total. The van der Waals surface area contributed by atoms with Crippen molar-refractivity contribution >= 4 is 11.9 Å². The van der Waals surface area contributed by atoms with Crippen LogP contribution in [0.4, 0.5) is 0 Å². The summed E-state index contributed by atoms with van der Waals surface area (Å²) in [6.45, 7) is 0. The summed E-state index contributed by atoms with van der Waals surface area (Å²) in [6, 6.07) is -1.09. The van der Waals surface area contributed by atoms with Gasteiger partial charge < -0.3 is 15.7 Å². The van der Waals surface area contributed by atoms with Crippen LogP contribution in [0.25, 0.3) is 0 Å². The summed E-state index contributed by atoms with van der Waals surface area (Å²) in [5.74, 6) is -1.43. The zero-order chi connectivity index (χ0) is 9.02. The Balaban J connectivity index is 3.85. The van der Waals surface area contributed by atoms with Crippen LogP contribution in [0.3, 0.4) is 0 Å². The largest absolute Gasteiger partial charge is 0.480 e. The normalized spacial score (nSPS) is 12.3. The van der Waals surface area contributed by atoms with Crippen LogP contribution in [0.2, 0.25) is 0 Å². The first-order valence-electron chi connectivity index (χ1n) is 3.13. The lowest BCUT2D eigenvalue weighted by Gasteiger charge is -2.11. The molecule has 0 fully saturated rings. The maximum Gasteiger partial charge on any atom is 0.321 e. The zero-order valence-electron chi connectivity index (χ0n) is 6.57. The number of carboxylic acids is 1. The molecule has 0 saturated heterocycles. The van der Waals surface area contributed by atoms with Crippen molar-refractivity contribution in [2.45, 2.75) is 12.5 Å². The van der Waals surface area contributed by atoms with E-state index in [1.807, 2.05) is 0 Å². The summed E-state index contributed by atoms with van der Waals surface area (Å²) in [5, 5.41) is 8.32. The Morgan fingerprint density at radius 2 is 2.00 bits per heavy atom. The fraction of sp³-hybridized carbons (Fsp3) is 0.667. The van der Waals surface area contributed by atoms with Crippen LogP contribution in [-0.2, 0) is 9.59 Å². The molecule has 3 N–H and O–H groups in total. The van der Waals surface area contributed by atoms with Crippen LogP contribution in [0.5, 0.6) is 0 Å². The van der Waals surface area contributed by atoms with Gasteiger partial charge in [0.2, 0.25) is 5.91 Å². The molecule has 0 aromatic heterocycles. The van der Waals surface area contributed by atoms with Crippen molar-refractivity contribution < 1.29 is 14.7 Å². The number of rotatable bonds is 3. The minimum Gasteiger partial charge on any atom is -0.480 e. The standard InChI is InChI=1S/C6H12N2O3/c1-8(2)5(9)3-4(7)6(10)11/h4H,3,7H2,1-2H3,(H,10,11)/t4-/m1/s1. The van der Waals surface area contributed by atoms with E-state index in [-0.39, 0.29) is 12.3 Å². The molecule has 0 aromatic carbocycles. The summed E-state index contributed by atoms with van der Waals surface area (Å²) in [4.78, 5) is 22.3. The number of amides is 1. The van der Waals surface area contributed by atoms with Crippen LogP contribution in [0, 0.1) is 0 Å². The van der Waals surface area contributed by atoms with Crippen molar-refractivity contribution in [1.82, 2.24) is 4.90 Å². The van der Waals surface area contributed by atoms with Gasteiger partial charge in [-0.15, -0.1) is 0 Å². The van der Waals surface area contributed by atoms with E-state index in [4.69, 9.17) is 10.8 Å². The summed E-state index contributed by atoms with van der Waals surface area (Å²) in [6.07, 6.45) is -0.150. The Morgan fingerprint density at radius 3 is 2.27 bits per heavy atom. The third-order valence-corrected chi connectivity index (χ3v) is 1.21. The predicted molar refractivity (Wildman–Crippen MR) is 38.9 cm³/mol. The van der Waals surface area contributed by atoms with Gasteiger partial charge >= 0.3 is 5.97 Å². The van der Waals surface area contributed by atoms with Crippen molar-refractivity contribution in [1.29, 1.82) is 0 Å². The van der Waals surface area contributed by atoms with Gasteiger partial charge in [-0.2, -0.15) is 0 Å². The Bertz CT molecular complexity index is 167. The second-order valence-corrected chi connectivity index (χ2v) is 2.44. The molecule has 0 aromatic rings. The van der Waals surface area contributed by atoms with Gasteiger partial charge in [0.05, 0.1) is 6.42 Å². The van der Waals surface area contributed by atoms with Crippen LogP contribution in [0.1, 0.15) is 6.42 Å². The summed E-state index contributed by atoms with van der Waals surface area (Å²) >= 11 is 0.